The third-order valence-electron chi connectivity index (χ3n) is 2.78. The lowest BCUT2D eigenvalue weighted by Crippen LogP contribution is -2.14. The smallest absolute Gasteiger partial charge is 0.237 e. The summed E-state index contributed by atoms with van der Waals surface area (Å²) in [6.45, 7) is 5.59. The van der Waals surface area contributed by atoms with Gasteiger partial charge in [0.05, 0.1) is 18.1 Å². The summed E-state index contributed by atoms with van der Waals surface area (Å²) in [5, 5.41) is 3.24. The van der Waals surface area contributed by atoms with Crippen LogP contribution in [0.1, 0.15) is 24.6 Å². The van der Waals surface area contributed by atoms with Gasteiger partial charge in [-0.2, -0.15) is 0 Å². The molecule has 1 N–H and O–H groups in total. The maximum Gasteiger partial charge on any atom is 0.237 e. The number of aromatic nitrogens is 2. The van der Waals surface area contributed by atoms with E-state index in [0.717, 1.165) is 24.2 Å². The highest BCUT2D eigenvalue weighted by atomic mass is 19.1. The molecule has 0 saturated carbocycles. The molecule has 0 unspecified atom stereocenters. The van der Waals surface area contributed by atoms with E-state index in [1.165, 1.54) is 12.1 Å². The molecule has 106 valence electrons. The van der Waals surface area contributed by atoms with Gasteiger partial charge in [-0.3, -0.25) is 4.98 Å². The van der Waals surface area contributed by atoms with Crippen molar-refractivity contribution < 1.29 is 9.13 Å². The number of aryl methyl sites for hydroxylation is 1. The van der Waals surface area contributed by atoms with Gasteiger partial charge in [-0.1, -0.05) is 13.0 Å². The van der Waals surface area contributed by atoms with E-state index in [-0.39, 0.29) is 5.82 Å². The highest BCUT2D eigenvalue weighted by Gasteiger charge is 2.05. The molecular weight excluding hydrogens is 257 g/mol. The Morgan fingerprint density at radius 3 is 2.80 bits per heavy atom. The monoisotopic (exact) mass is 275 g/mol. The Labute approximate surface area is 118 Å². The second kappa shape index (κ2) is 6.96. The van der Waals surface area contributed by atoms with E-state index in [1.54, 1.807) is 18.5 Å². The number of hydrogen-bond acceptors (Lipinski definition) is 4. The average Bonchev–Trinajstić information content (AvgIpc) is 2.45. The summed E-state index contributed by atoms with van der Waals surface area (Å²) in [7, 11) is 0. The molecule has 0 spiro atoms. The van der Waals surface area contributed by atoms with Crippen LogP contribution in [0.15, 0.2) is 30.6 Å². The van der Waals surface area contributed by atoms with Gasteiger partial charge in [-0.25, -0.2) is 9.37 Å². The van der Waals surface area contributed by atoms with E-state index in [1.807, 2.05) is 6.92 Å². The largest absolute Gasteiger partial charge is 0.437 e. The zero-order valence-corrected chi connectivity index (χ0v) is 11.7. The van der Waals surface area contributed by atoms with E-state index in [9.17, 15) is 4.39 Å². The van der Waals surface area contributed by atoms with Gasteiger partial charge in [0, 0.05) is 12.6 Å². The fraction of sp³-hybridized carbons (Fsp3) is 0.333. The first-order valence-corrected chi connectivity index (χ1v) is 6.64. The van der Waals surface area contributed by atoms with Crippen molar-refractivity contribution in [1.82, 2.24) is 15.3 Å². The molecule has 0 bridgehead atoms. The molecule has 0 saturated heterocycles. The molecule has 0 aliphatic heterocycles. The zero-order valence-electron chi connectivity index (χ0n) is 11.7. The SMILES string of the molecule is CCCNCc1cnc(Oc2cc(F)ccc2C)cn1. The van der Waals surface area contributed by atoms with Crippen molar-refractivity contribution in [2.75, 3.05) is 6.54 Å². The normalized spacial score (nSPS) is 10.6. The van der Waals surface area contributed by atoms with Gasteiger partial charge < -0.3 is 10.1 Å². The minimum Gasteiger partial charge on any atom is -0.437 e. The van der Waals surface area contributed by atoms with Crippen molar-refractivity contribution in [2.24, 2.45) is 0 Å². The molecule has 4 nitrogen and oxygen atoms in total. The average molecular weight is 275 g/mol. The summed E-state index contributed by atoms with van der Waals surface area (Å²) in [5.41, 5.74) is 1.70. The third-order valence-corrected chi connectivity index (χ3v) is 2.78. The number of nitrogens with one attached hydrogen (secondary N) is 1. The Hall–Kier alpha value is -2.01. The summed E-state index contributed by atoms with van der Waals surface area (Å²) >= 11 is 0. The standard InChI is InChI=1S/C15H18FN3O/c1-3-6-17-8-13-9-19-15(10-18-13)20-14-7-12(16)5-4-11(14)2/h4-5,7,9-10,17H,3,6,8H2,1-2H3. The molecule has 0 radical (unpaired) electrons. The fourth-order valence-corrected chi connectivity index (χ4v) is 1.68. The highest BCUT2D eigenvalue weighted by molar-refractivity contribution is 5.35. The van der Waals surface area contributed by atoms with Gasteiger partial charge in [0.25, 0.3) is 0 Å². The van der Waals surface area contributed by atoms with E-state index in [2.05, 4.69) is 22.2 Å². The Kier molecular flexibility index (Phi) is 5.01. The lowest BCUT2D eigenvalue weighted by molar-refractivity contribution is 0.450. The molecule has 0 atom stereocenters. The van der Waals surface area contributed by atoms with Crippen molar-refractivity contribution in [1.29, 1.82) is 0 Å². The van der Waals surface area contributed by atoms with Gasteiger partial charge in [-0.15, -0.1) is 0 Å². The van der Waals surface area contributed by atoms with Gasteiger partial charge in [0.1, 0.15) is 11.6 Å². The van der Waals surface area contributed by atoms with Gasteiger partial charge >= 0.3 is 0 Å². The van der Waals surface area contributed by atoms with Crippen LogP contribution < -0.4 is 10.1 Å². The second-order valence-electron chi connectivity index (χ2n) is 4.53. The minimum absolute atomic E-state index is 0.334. The molecule has 1 aromatic carbocycles. The predicted octanol–water partition coefficient (Wildman–Crippen LogP) is 3.22. The van der Waals surface area contributed by atoms with Crippen LogP contribution in [0.25, 0.3) is 0 Å². The number of benzene rings is 1. The van der Waals surface area contributed by atoms with Crippen LogP contribution >= 0.6 is 0 Å². The topological polar surface area (TPSA) is 47.0 Å². The Morgan fingerprint density at radius 2 is 2.10 bits per heavy atom. The highest BCUT2D eigenvalue weighted by Crippen LogP contribution is 2.23. The van der Waals surface area contributed by atoms with E-state index >= 15 is 0 Å². The van der Waals surface area contributed by atoms with Gasteiger partial charge in [-0.05, 0) is 31.5 Å². The number of nitrogens with zero attached hydrogens (tertiary/aromatic N) is 2. The molecule has 20 heavy (non-hydrogen) atoms. The summed E-state index contributed by atoms with van der Waals surface area (Å²) in [4.78, 5) is 8.43. The maximum absolute atomic E-state index is 13.2. The van der Waals surface area contributed by atoms with Crippen molar-refractivity contribution in [3.8, 4) is 11.6 Å². The van der Waals surface area contributed by atoms with Crippen LogP contribution in [0.3, 0.4) is 0 Å². The molecule has 1 aromatic heterocycles. The molecule has 1 heterocycles. The van der Waals surface area contributed by atoms with Gasteiger partial charge in [0.15, 0.2) is 0 Å². The lowest BCUT2D eigenvalue weighted by Gasteiger charge is -2.08. The van der Waals surface area contributed by atoms with E-state index in [4.69, 9.17) is 4.74 Å². The summed E-state index contributed by atoms with van der Waals surface area (Å²) < 4.78 is 18.7. The van der Waals surface area contributed by atoms with Crippen LogP contribution in [0.5, 0.6) is 11.6 Å². The Bertz CT molecular complexity index is 558. The molecular formula is C15H18FN3O. The van der Waals surface area contributed by atoms with Crippen molar-refractivity contribution in [2.45, 2.75) is 26.8 Å². The van der Waals surface area contributed by atoms with Crippen LogP contribution in [-0.2, 0) is 6.54 Å². The van der Waals surface area contributed by atoms with Crippen molar-refractivity contribution in [3.05, 3.63) is 47.7 Å². The third kappa shape index (κ3) is 3.99. The zero-order chi connectivity index (χ0) is 14.4. The number of hydrogen-bond donors (Lipinski definition) is 1. The first-order valence-electron chi connectivity index (χ1n) is 6.64. The molecule has 5 heteroatoms. The first-order chi connectivity index (χ1) is 9.69. The summed E-state index contributed by atoms with van der Waals surface area (Å²) in [6.07, 6.45) is 4.29. The molecule has 2 aromatic rings. The quantitative estimate of drug-likeness (QED) is 0.822. The fourth-order valence-electron chi connectivity index (χ4n) is 1.68. The molecule has 0 fully saturated rings. The van der Waals surface area contributed by atoms with Crippen LogP contribution in [-0.4, -0.2) is 16.5 Å². The molecule has 0 aliphatic rings. The van der Waals surface area contributed by atoms with E-state index in [0.29, 0.717) is 18.2 Å². The van der Waals surface area contributed by atoms with Crippen molar-refractivity contribution in [3.63, 3.8) is 0 Å². The number of ether oxygens (including phenoxy) is 1. The Balaban J connectivity index is 2.01. The first kappa shape index (κ1) is 14.4. The summed E-state index contributed by atoms with van der Waals surface area (Å²) in [6, 6.07) is 4.41. The summed E-state index contributed by atoms with van der Waals surface area (Å²) in [5.74, 6) is 0.480. The minimum atomic E-state index is -0.334. The van der Waals surface area contributed by atoms with Gasteiger partial charge in [0.2, 0.25) is 5.88 Å². The Morgan fingerprint density at radius 1 is 1.25 bits per heavy atom. The number of halogens is 1. The maximum atomic E-state index is 13.2. The molecule has 2 rings (SSSR count). The molecule has 0 amide bonds. The second-order valence-corrected chi connectivity index (χ2v) is 4.53. The number of rotatable bonds is 6. The van der Waals surface area contributed by atoms with Crippen LogP contribution in [0.2, 0.25) is 0 Å². The lowest BCUT2D eigenvalue weighted by atomic mass is 10.2. The predicted molar refractivity (Wildman–Crippen MR) is 75.2 cm³/mol. The van der Waals surface area contributed by atoms with Crippen molar-refractivity contribution >= 4 is 0 Å². The molecule has 0 aliphatic carbocycles. The van der Waals surface area contributed by atoms with Crippen LogP contribution in [0, 0.1) is 12.7 Å². The van der Waals surface area contributed by atoms with E-state index < -0.39 is 0 Å². The van der Waals surface area contributed by atoms with Crippen LogP contribution in [0.4, 0.5) is 4.39 Å².